The number of carbonyl (C=O) groups excluding carboxylic acids is 1. The van der Waals surface area contributed by atoms with Crippen molar-refractivity contribution in [2.45, 2.75) is 32.2 Å². The lowest BCUT2D eigenvalue weighted by molar-refractivity contribution is -0.141. The van der Waals surface area contributed by atoms with Gasteiger partial charge in [0.25, 0.3) is 0 Å². The van der Waals surface area contributed by atoms with Crippen LogP contribution in [0.4, 0.5) is 0 Å². The third kappa shape index (κ3) is 3.46. The Bertz CT molecular complexity index is 339. The maximum absolute atomic E-state index is 12.3. The standard InChI is InChI=1S/C14H23N3O2/c1-2-13(10-15)16-5-7-17(8-6-16)14(18)12-4-3-9-19-11-12/h12-13H,2-9,11H2,1H3. The number of amides is 1. The molecule has 0 saturated carbocycles. The molecule has 0 N–H and O–H groups in total. The van der Waals surface area contributed by atoms with E-state index in [0.29, 0.717) is 6.61 Å². The smallest absolute Gasteiger partial charge is 0.228 e. The molecular weight excluding hydrogens is 242 g/mol. The summed E-state index contributed by atoms with van der Waals surface area (Å²) in [5, 5.41) is 9.07. The Hall–Kier alpha value is -1.12. The average molecular weight is 265 g/mol. The predicted molar refractivity (Wildman–Crippen MR) is 71.4 cm³/mol. The molecule has 0 aromatic carbocycles. The fourth-order valence-corrected chi connectivity index (χ4v) is 2.88. The van der Waals surface area contributed by atoms with Gasteiger partial charge in [0.15, 0.2) is 0 Å². The second-order valence-electron chi connectivity index (χ2n) is 5.33. The van der Waals surface area contributed by atoms with Gasteiger partial charge < -0.3 is 9.64 Å². The lowest BCUT2D eigenvalue weighted by Gasteiger charge is -2.38. The zero-order valence-electron chi connectivity index (χ0n) is 11.7. The lowest BCUT2D eigenvalue weighted by atomic mass is 10.00. The van der Waals surface area contributed by atoms with E-state index in [1.165, 1.54) is 0 Å². The molecule has 2 rings (SSSR count). The number of nitrogens with zero attached hydrogens (tertiary/aromatic N) is 3. The Morgan fingerprint density at radius 3 is 2.68 bits per heavy atom. The van der Waals surface area contributed by atoms with Crippen LogP contribution in [0.2, 0.25) is 0 Å². The highest BCUT2D eigenvalue weighted by Gasteiger charge is 2.30. The van der Waals surface area contributed by atoms with Crippen molar-refractivity contribution >= 4 is 5.91 Å². The van der Waals surface area contributed by atoms with E-state index in [0.717, 1.165) is 52.0 Å². The second kappa shape index (κ2) is 6.88. The van der Waals surface area contributed by atoms with Gasteiger partial charge in [0.1, 0.15) is 0 Å². The maximum atomic E-state index is 12.3. The third-order valence-corrected chi connectivity index (χ3v) is 4.11. The first-order chi connectivity index (χ1) is 9.26. The molecule has 0 bridgehead atoms. The SMILES string of the molecule is CCC(C#N)N1CCN(C(=O)C2CCCOC2)CC1. The van der Waals surface area contributed by atoms with Gasteiger partial charge >= 0.3 is 0 Å². The Balaban J connectivity index is 1.82. The molecule has 5 heteroatoms. The maximum Gasteiger partial charge on any atom is 0.228 e. The van der Waals surface area contributed by atoms with E-state index >= 15 is 0 Å². The van der Waals surface area contributed by atoms with Gasteiger partial charge in [-0.1, -0.05) is 6.92 Å². The minimum Gasteiger partial charge on any atom is -0.381 e. The number of carbonyl (C=O) groups is 1. The summed E-state index contributed by atoms with van der Waals surface area (Å²) in [6, 6.07) is 2.33. The van der Waals surface area contributed by atoms with Crippen LogP contribution in [0.1, 0.15) is 26.2 Å². The highest BCUT2D eigenvalue weighted by molar-refractivity contribution is 5.79. The summed E-state index contributed by atoms with van der Waals surface area (Å²) in [5.74, 6) is 0.294. The first-order valence-corrected chi connectivity index (χ1v) is 7.26. The molecule has 0 aromatic rings. The monoisotopic (exact) mass is 265 g/mol. The van der Waals surface area contributed by atoms with Gasteiger partial charge in [-0.3, -0.25) is 9.69 Å². The fourth-order valence-electron chi connectivity index (χ4n) is 2.88. The molecule has 0 radical (unpaired) electrons. The Morgan fingerprint density at radius 2 is 2.16 bits per heavy atom. The van der Waals surface area contributed by atoms with Crippen LogP contribution in [-0.2, 0) is 9.53 Å². The van der Waals surface area contributed by atoms with E-state index < -0.39 is 0 Å². The van der Waals surface area contributed by atoms with E-state index in [2.05, 4.69) is 11.0 Å². The molecule has 2 aliphatic rings. The first kappa shape index (κ1) is 14.3. The van der Waals surface area contributed by atoms with Gasteiger partial charge in [-0.15, -0.1) is 0 Å². The van der Waals surface area contributed by atoms with Crippen molar-refractivity contribution in [3.05, 3.63) is 0 Å². The van der Waals surface area contributed by atoms with E-state index in [9.17, 15) is 4.79 Å². The summed E-state index contributed by atoms with van der Waals surface area (Å²) in [6.45, 7) is 6.51. The zero-order valence-corrected chi connectivity index (χ0v) is 11.7. The van der Waals surface area contributed by atoms with Crippen LogP contribution in [0.3, 0.4) is 0 Å². The number of piperazine rings is 1. The quantitative estimate of drug-likeness (QED) is 0.759. The summed E-state index contributed by atoms with van der Waals surface area (Å²) in [6.07, 6.45) is 2.79. The second-order valence-corrected chi connectivity index (χ2v) is 5.33. The topological polar surface area (TPSA) is 56.6 Å². The van der Waals surface area contributed by atoms with E-state index in [4.69, 9.17) is 10.00 Å². The number of hydrogen-bond donors (Lipinski definition) is 0. The Labute approximate surface area is 115 Å². The highest BCUT2D eigenvalue weighted by atomic mass is 16.5. The van der Waals surface area contributed by atoms with Gasteiger partial charge in [-0.25, -0.2) is 0 Å². The van der Waals surface area contributed by atoms with Crippen LogP contribution in [0.15, 0.2) is 0 Å². The molecule has 5 nitrogen and oxygen atoms in total. The summed E-state index contributed by atoms with van der Waals surface area (Å²) in [5.41, 5.74) is 0. The third-order valence-electron chi connectivity index (χ3n) is 4.11. The van der Waals surface area contributed by atoms with Crippen LogP contribution >= 0.6 is 0 Å². The summed E-state index contributed by atoms with van der Waals surface area (Å²) in [7, 11) is 0. The molecule has 19 heavy (non-hydrogen) atoms. The van der Waals surface area contributed by atoms with Gasteiger partial charge in [-0.05, 0) is 19.3 Å². The van der Waals surface area contributed by atoms with Crippen LogP contribution in [0.5, 0.6) is 0 Å². The predicted octanol–water partition coefficient (Wildman–Crippen LogP) is 0.859. The molecule has 2 atom stereocenters. The van der Waals surface area contributed by atoms with Gasteiger partial charge in [0, 0.05) is 32.8 Å². The highest BCUT2D eigenvalue weighted by Crippen LogP contribution is 2.18. The molecule has 2 aliphatic heterocycles. The summed E-state index contributed by atoms with van der Waals surface area (Å²) < 4.78 is 5.39. The molecule has 2 heterocycles. The van der Waals surface area contributed by atoms with Crippen molar-refractivity contribution in [2.24, 2.45) is 5.92 Å². The molecule has 0 aliphatic carbocycles. The molecule has 2 fully saturated rings. The van der Waals surface area contributed by atoms with Gasteiger partial charge in [0.2, 0.25) is 5.91 Å². The van der Waals surface area contributed by atoms with Crippen molar-refractivity contribution < 1.29 is 9.53 Å². The number of rotatable bonds is 3. The summed E-state index contributed by atoms with van der Waals surface area (Å²) in [4.78, 5) is 16.5. The van der Waals surface area contributed by atoms with Crippen molar-refractivity contribution in [2.75, 3.05) is 39.4 Å². The van der Waals surface area contributed by atoms with Crippen LogP contribution in [-0.4, -0.2) is 61.1 Å². The first-order valence-electron chi connectivity index (χ1n) is 7.26. The van der Waals surface area contributed by atoms with Gasteiger partial charge in [-0.2, -0.15) is 5.26 Å². The molecule has 2 unspecified atom stereocenters. The minimum atomic E-state index is -0.00438. The lowest BCUT2D eigenvalue weighted by Crippen LogP contribution is -2.53. The van der Waals surface area contributed by atoms with Crippen LogP contribution in [0, 0.1) is 17.2 Å². The van der Waals surface area contributed by atoms with E-state index in [1.807, 2.05) is 11.8 Å². The number of ether oxygens (including phenoxy) is 1. The molecule has 2 saturated heterocycles. The number of hydrogen-bond acceptors (Lipinski definition) is 4. The Kier molecular flexibility index (Phi) is 5.17. The van der Waals surface area contributed by atoms with Gasteiger partial charge in [0.05, 0.1) is 24.6 Å². The fraction of sp³-hybridized carbons (Fsp3) is 0.857. The number of nitriles is 1. The van der Waals surface area contributed by atoms with Crippen LogP contribution < -0.4 is 0 Å². The molecule has 0 spiro atoms. The minimum absolute atomic E-state index is 0.00438. The zero-order chi connectivity index (χ0) is 13.7. The summed E-state index contributed by atoms with van der Waals surface area (Å²) >= 11 is 0. The molecule has 0 aromatic heterocycles. The van der Waals surface area contributed by atoms with Crippen molar-refractivity contribution in [1.29, 1.82) is 5.26 Å². The van der Waals surface area contributed by atoms with E-state index in [1.54, 1.807) is 0 Å². The average Bonchev–Trinajstić information content (AvgIpc) is 2.49. The molecule has 1 amide bonds. The van der Waals surface area contributed by atoms with E-state index in [-0.39, 0.29) is 17.9 Å². The Morgan fingerprint density at radius 1 is 1.42 bits per heavy atom. The van der Waals surface area contributed by atoms with Crippen molar-refractivity contribution in [3.63, 3.8) is 0 Å². The molecule has 106 valence electrons. The van der Waals surface area contributed by atoms with Crippen molar-refractivity contribution in [3.8, 4) is 6.07 Å². The largest absolute Gasteiger partial charge is 0.381 e. The normalized spacial score (nSPS) is 26.7. The van der Waals surface area contributed by atoms with Crippen molar-refractivity contribution in [1.82, 2.24) is 9.80 Å². The van der Waals surface area contributed by atoms with Crippen LogP contribution in [0.25, 0.3) is 0 Å². The molecular formula is C14H23N3O2.